The van der Waals surface area contributed by atoms with Crippen LogP contribution in [-0.4, -0.2) is 17.0 Å². The third-order valence-corrected chi connectivity index (χ3v) is 8.35. The van der Waals surface area contributed by atoms with E-state index < -0.39 is 0 Å². The molecule has 0 amide bonds. The van der Waals surface area contributed by atoms with Crippen molar-refractivity contribution >= 4 is 5.78 Å². The van der Waals surface area contributed by atoms with Crippen LogP contribution >= 0.6 is 0 Å². The number of hydrogen-bond donors (Lipinski definition) is 1. The van der Waals surface area contributed by atoms with Crippen molar-refractivity contribution in [1.82, 2.24) is 0 Å². The Morgan fingerprint density at radius 1 is 1.00 bits per heavy atom. The lowest BCUT2D eigenvalue weighted by Gasteiger charge is -2.60. The van der Waals surface area contributed by atoms with E-state index in [1.807, 2.05) is 0 Å². The molecule has 1 N–H and O–H groups in total. The predicted octanol–water partition coefficient (Wildman–Crippen LogP) is 3.96. The number of ketones is 1. The van der Waals surface area contributed by atoms with Crippen LogP contribution in [0.1, 0.15) is 71.6 Å². The zero-order valence-electron chi connectivity index (χ0n) is 13.6. The molecule has 2 heteroatoms. The Bertz CT molecular complexity index is 458. The van der Waals surface area contributed by atoms with Gasteiger partial charge in [-0.2, -0.15) is 0 Å². The maximum Gasteiger partial charge on any atom is 0.139 e. The van der Waals surface area contributed by atoms with Crippen LogP contribution < -0.4 is 0 Å². The fourth-order valence-electron chi connectivity index (χ4n) is 7.01. The maximum atomic E-state index is 12.4. The average molecular weight is 290 g/mol. The Morgan fingerprint density at radius 3 is 2.62 bits per heavy atom. The van der Waals surface area contributed by atoms with Gasteiger partial charge in [0.25, 0.3) is 0 Å². The minimum Gasteiger partial charge on any atom is -0.393 e. The number of aliphatic hydroxyl groups excluding tert-OH is 1. The molecule has 2 nitrogen and oxygen atoms in total. The van der Waals surface area contributed by atoms with Crippen molar-refractivity contribution < 1.29 is 9.90 Å². The Balaban J connectivity index is 1.64. The maximum absolute atomic E-state index is 12.4. The lowest BCUT2D eigenvalue weighted by Crippen LogP contribution is -2.54. The molecule has 0 radical (unpaired) electrons. The van der Waals surface area contributed by atoms with Crippen LogP contribution in [0.5, 0.6) is 0 Å². The van der Waals surface area contributed by atoms with E-state index in [0.29, 0.717) is 17.1 Å². The molecule has 4 aliphatic carbocycles. The number of hydrogen-bond acceptors (Lipinski definition) is 2. The monoisotopic (exact) mass is 290 g/mol. The minimum atomic E-state index is -0.0541. The first-order valence-corrected chi connectivity index (χ1v) is 9.16. The van der Waals surface area contributed by atoms with E-state index in [2.05, 4.69) is 13.8 Å². The summed E-state index contributed by atoms with van der Waals surface area (Å²) in [5, 5.41) is 10.0. The third kappa shape index (κ3) is 1.84. The van der Waals surface area contributed by atoms with Crippen LogP contribution in [0.4, 0.5) is 0 Å². The highest BCUT2D eigenvalue weighted by Gasteiger charge is 2.60. The minimum absolute atomic E-state index is 0.0124. The van der Waals surface area contributed by atoms with E-state index in [4.69, 9.17) is 0 Å². The van der Waals surface area contributed by atoms with Crippen molar-refractivity contribution in [2.45, 2.75) is 77.7 Å². The summed E-state index contributed by atoms with van der Waals surface area (Å²) in [4.78, 5) is 12.4. The second kappa shape index (κ2) is 4.57. The molecule has 4 rings (SSSR count). The lowest BCUT2D eigenvalue weighted by atomic mass is 9.45. The summed E-state index contributed by atoms with van der Waals surface area (Å²) in [6.07, 6.45) is 10.1. The van der Waals surface area contributed by atoms with E-state index in [9.17, 15) is 9.90 Å². The van der Waals surface area contributed by atoms with Crippen molar-refractivity contribution in [2.24, 2.45) is 34.5 Å². The van der Waals surface area contributed by atoms with Gasteiger partial charge < -0.3 is 5.11 Å². The molecule has 0 heterocycles. The molecule has 0 aliphatic heterocycles. The topological polar surface area (TPSA) is 37.3 Å². The number of rotatable bonds is 0. The molecule has 21 heavy (non-hydrogen) atoms. The van der Waals surface area contributed by atoms with E-state index in [0.717, 1.165) is 49.9 Å². The molecule has 0 aromatic heterocycles. The smallest absolute Gasteiger partial charge is 0.139 e. The fraction of sp³-hybridized carbons (Fsp3) is 0.947. The molecule has 0 aromatic rings. The highest BCUT2D eigenvalue weighted by Crippen LogP contribution is 2.65. The van der Waals surface area contributed by atoms with E-state index >= 15 is 0 Å². The van der Waals surface area contributed by atoms with Crippen LogP contribution in [0.25, 0.3) is 0 Å². The van der Waals surface area contributed by atoms with Gasteiger partial charge in [0.05, 0.1) is 6.10 Å². The van der Waals surface area contributed by atoms with Gasteiger partial charge in [0.1, 0.15) is 5.78 Å². The van der Waals surface area contributed by atoms with Gasteiger partial charge >= 0.3 is 0 Å². The highest BCUT2D eigenvalue weighted by atomic mass is 16.3. The lowest BCUT2D eigenvalue weighted by molar-refractivity contribution is -0.142. The highest BCUT2D eigenvalue weighted by molar-refractivity contribution is 5.87. The number of carbonyl (C=O) groups is 1. The van der Waals surface area contributed by atoms with Gasteiger partial charge in [-0.15, -0.1) is 0 Å². The van der Waals surface area contributed by atoms with E-state index in [-0.39, 0.29) is 11.5 Å². The molecule has 0 spiro atoms. The predicted molar refractivity (Wildman–Crippen MR) is 82.7 cm³/mol. The van der Waals surface area contributed by atoms with Crippen LogP contribution in [0.2, 0.25) is 0 Å². The molecule has 0 bridgehead atoms. The van der Waals surface area contributed by atoms with E-state index in [1.54, 1.807) is 0 Å². The van der Waals surface area contributed by atoms with Gasteiger partial charge in [-0.05, 0) is 80.5 Å². The summed E-state index contributed by atoms with van der Waals surface area (Å²) < 4.78 is 0. The Hall–Kier alpha value is -0.370. The standard InChI is InChI=1S/C19H30O2/c1-18-9-7-13(20)11-12(18)3-4-14-15-5-6-17(21)19(15,2)10-8-16(14)18/h12-16,20H,3-11H2,1-2H3/t12-,13+,14?,15-,16?,18-,19-/m0/s1. The second-order valence-corrected chi connectivity index (χ2v) is 9.00. The van der Waals surface area contributed by atoms with Crippen LogP contribution in [0, 0.1) is 34.5 Å². The molecular formula is C19H30O2. The Labute approximate surface area is 128 Å². The fourth-order valence-corrected chi connectivity index (χ4v) is 7.01. The number of fused-ring (bicyclic) bond motifs is 5. The van der Waals surface area contributed by atoms with Crippen molar-refractivity contribution in [1.29, 1.82) is 0 Å². The number of carbonyl (C=O) groups excluding carboxylic acids is 1. The van der Waals surface area contributed by atoms with Crippen molar-refractivity contribution in [3.05, 3.63) is 0 Å². The van der Waals surface area contributed by atoms with Gasteiger partial charge in [-0.3, -0.25) is 4.79 Å². The third-order valence-electron chi connectivity index (χ3n) is 8.35. The molecule has 4 saturated carbocycles. The molecule has 7 atom stereocenters. The van der Waals surface area contributed by atoms with Gasteiger partial charge in [0.2, 0.25) is 0 Å². The summed E-state index contributed by atoms with van der Waals surface area (Å²) in [6, 6.07) is 0. The van der Waals surface area contributed by atoms with Crippen molar-refractivity contribution in [3.63, 3.8) is 0 Å². The largest absolute Gasteiger partial charge is 0.393 e. The van der Waals surface area contributed by atoms with Crippen molar-refractivity contribution in [3.8, 4) is 0 Å². The molecule has 0 saturated heterocycles. The van der Waals surface area contributed by atoms with Gasteiger partial charge in [0, 0.05) is 11.8 Å². The zero-order chi connectivity index (χ0) is 14.8. The first kappa shape index (κ1) is 14.2. The molecular weight excluding hydrogens is 260 g/mol. The first-order chi connectivity index (χ1) is 9.95. The van der Waals surface area contributed by atoms with Gasteiger partial charge in [0.15, 0.2) is 0 Å². The summed E-state index contributed by atoms with van der Waals surface area (Å²) >= 11 is 0. The molecule has 2 unspecified atom stereocenters. The van der Waals surface area contributed by atoms with Crippen LogP contribution in [0.3, 0.4) is 0 Å². The van der Waals surface area contributed by atoms with Gasteiger partial charge in [-0.25, -0.2) is 0 Å². The molecule has 4 fully saturated rings. The molecule has 118 valence electrons. The van der Waals surface area contributed by atoms with Crippen LogP contribution in [0.15, 0.2) is 0 Å². The summed E-state index contributed by atoms with van der Waals surface area (Å²) in [5.74, 6) is 3.54. The Kier molecular flexibility index (Phi) is 3.10. The van der Waals surface area contributed by atoms with Crippen molar-refractivity contribution in [2.75, 3.05) is 0 Å². The summed E-state index contributed by atoms with van der Waals surface area (Å²) in [5.41, 5.74) is 0.452. The molecule has 4 aliphatic rings. The normalized spacial score (nSPS) is 56.5. The SMILES string of the molecule is C[C@]12CCC3C(CC[C@H]4C[C@H](O)CC[C@]34C)[C@@H]1CCC2=O. The quantitative estimate of drug-likeness (QED) is 0.733. The Morgan fingerprint density at radius 2 is 1.81 bits per heavy atom. The molecule has 0 aromatic carbocycles. The summed E-state index contributed by atoms with van der Waals surface area (Å²) in [6.45, 7) is 4.78. The second-order valence-electron chi connectivity index (χ2n) is 9.00. The first-order valence-electron chi connectivity index (χ1n) is 9.16. The zero-order valence-corrected chi connectivity index (χ0v) is 13.6. The van der Waals surface area contributed by atoms with Crippen LogP contribution in [-0.2, 0) is 4.79 Å². The van der Waals surface area contributed by atoms with E-state index in [1.165, 1.54) is 25.7 Å². The average Bonchev–Trinajstić information content (AvgIpc) is 2.76. The number of Topliss-reactive ketones (excluding diaryl/α,β-unsaturated/α-hetero) is 1. The number of aliphatic hydroxyl groups is 1. The summed E-state index contributed by atoms with van der Waals surface area (Å²) in [7, 11) is 0. The van der Waals surface area contributed by atoms with Gasteiger partial charge in [-0.1, -0.05) is 13.8 Å².